The largest absolute Gasteiger partial charge is 2.00 e. The first-order valence-electron chi connectivity index (χ1n) is 19.3. The number of aliphatic carboxylic acids is 2. The third-order valence-corrected chi connectivity index (χ3v) is 15.6. The van der Waals surface area contributed by atoms with Crippen molar-refractivity contribution in [2.24, 2.45) is 0 Å². The SMILES string of the molecule is CC(=O)[O-].CC(=O)[O-].Cc1ccc([PH+](c2ccc(C)cc2)c2ccc3ccccc3c2-c2c([PH+](c3ccc(C)cc3)c3ccc(C)cc3)ccc3ccccc23)cc1.[Ru+2]. The van der Waals surface area contributed by atoms with E-state index in [9.17, 15) is 0 Å². The van der Waals surface area contributed by atoms with Crippen LogP contribution in [0.2, 0.25) is 0 Å². The third kappa shape index (κ3) is 11.1. The smallest absolute Gasteiger partial charge is 0.550 e. The van der Waals surface area contributed by atoms with Gasteiger partial charge in [-0.05, 0) is 124 Å². The summed E-state index contributed by atoms with van der Waals surface area (Å²) in [5.41, 5.74) is 7.92. The van der Waals surface area contributed by atoms with Gasteiger partial charge in [0.25, 0.3) is 0 Å². The average Bonchev–Trinajstić information content (AvgIpc) is 3.20. The quantitative estimate of drug-likeness (QED) is 0.124. The van der Waals surface area contributed by atoms with Crippen LogP contribution >= 0.6 is 15.8 Å². The van der Waals surface area contributed by atoms with Gasteiger partial charge in [0, 0.05) is 23.1 Å². The summed E-state index contributed by atoms with van der Waals surface area (Å²) in [4.78, 5) is 17.8. The van der Waals surface area contributed by atoms with Crippen molar-refractivity contribution in [3.05, 3.63) is 192 Å². The maximum Gasteiger partial charge on any atom is 2.00 e. The maximum atomic E-state index is 8.89. The molecule has 0 aliphatic heterocycles. The third-order valence-electron chi connectivity index (χ3n) is 10.0. The summed E-state index contributed by atoms with van der Waals surface area (Å²) in [5.74, 6) is -2.17. The number of rotatable bonds is 7. The predicted octanol–water partition coefficient (Wildman–Crippen LogP) is 7.38. The molecule has 0 aromatic heterocycles. The average molecular weight is 900 g/mol. The first kappa shape index (κ1) is 44.8. The van der Waals surface area contributed by atoms with Crippen LogP contribution in [0.15, 0.2) is 170 Å². The second kappa shape index (κ2) is 20.6. The summed E-state index contributed by atoms with van der Waals surface area (Å²) in [5, 5.41) is 31.5. The Morgan fingerprint density at radius 3 is 0.864 bits per heavy atom. The van der Waals surface area contributed by atoms with Crippen LogP contribution in [0.3, 0.4) is 0 Å². The molecule has 0 unspecified atom stereocenters. The molecule has 0 saturated heterocycles. The zero-order chi connectivity index (χ0) is 41.3. The summed E-state index contributed by atoms with van der Waals surface area (Å²) in [6, 6.07) is 65.0. The number of carbonyl (C=O) groups is 2. The number of aryl methyl sites for hydroxylation is 4. The van der Waals surface area contributed by atoms with Crippen LogP contribution in [0, 0.1) is 27.7 Å². The summed E-state index contributed by atoms with van der Waals surface area (Å²) in [6.07, 6.45) is 0. The standard InChI is InChI=1S/C48H40P2.2C2H4O2.Ru/c1-33-13-23-39(24-14-33)49(40-25-15-34(2)16-26-40)45-31-21-37-9-5-7-11-43(37)47(45)48-44-12-8-6-10-38(44)22-32-46(48)50(41-27-17-35(3)18-28-41)42-29-19-36(4)20-30-42;2*1-2(3)4;/h5-32H,1-4H3;2*1H3,(H,3,4);/q;;;+2. The molecule has 0 spiro atoms. The van der Waals surface area contributed by atoms with Crippen molar-refractivity contribution < 1.29 is 39.3 Å². The van der Waals surface area contributed by atoms with E-state index >= 15 is 0 Å². The van der Waals surface area contributed by atoms with E-state index in [0.29, 0.717) is 0 Å². The molecule has 7 heteroatoms. The van der Waals surface area contributed by atoms with Crippen molar-refractivity contribution in [3.63, 3.8) is 0 Å². The molecule has 8 rings (SSSR count). The number of carboxylic acids is 2. The van der Waals surface area contributed by atoms with E-state index in [1.807, 2.05) is 0 Å². The van der Waals surface area contributed by atoms with Crippen molar-refractivity contribution in [1.82, 2.24) is 0 Å². The zero-order valence-electron chi connectivity index (χ0n) is 34.2. The Bertz CT molecular complexity index is 2390. The van der Waals surface area contributed by atoms with E-state index in [4.69, 9.17) is 19.8 Å². The van der Waals surface area contributed by atoms with Crippen LogP contribution in [0.4, 0.5) is 0 Å². The summed E-state index contributed by atoms with van der Waals surface area (Å²) < 4.78 is 0. The monoisotopic (exact) mass is 900 g/mol. The molecule has 0 radical (unpaired) electrons. The van der Waals surface area contributed by atoms with Gasteiger partial charge in [-0.3, -0.25) is 0 Å². The van der Waals surface area contributed by atoms with Crippen molar-refractivity contribution >= 4 is 81.2 Å². The Kier molecular flexibility index (Phi) is 15.6. The molecule has 0 bridgehead atoms. The van der Waals surface area contributed by atoms with Gasteiger partial charge in [0.2, 0.25) is 0 Å². The van der Waals surface area contributed by atoms with Gasteiger partial charge in [0.15, 0.2) is 0 Å². The number of hydrogen-bond acceptors (Lipinski definition) is 4. The minimum Gasteiger partial charge on any atom is -0.550 e. The fourth-order valence-electron chi connectivity index (χ4n) is 7.33. The fourth-order valence-corrected chi connectivity index (χ4v) is 12.8. The van der Waals surface area contributed by atoms with E-state index in [0.717, 1.165) is 13.8 Å². The van der Waals surface area contributed by atoms with E-state index in [1.54, 1.807) is 0 Å². The van der Waals surface area contributed by atoms with Gasteiger partial charge in [0.05, 0.1) is 15.8 Å². The van der Waals surface area contributed by atoms with Crippen LogP contribution < -0.4 is 42.0 Å². The molecule has 59 heavy (non-hydrogen) atoms. The molecule has 296 valence electrons. The summed E-state index contributed by atoms with van der Waals surface area (Å²) >= 11 is 0. The van der Waals surface area contributed by atoms with Crippen LogP contribution in [0.5, 0.6) is 0 Å². The van der Waals surface area contributed by atoms with Gasteiger partial charge >= 0.3 is 19.5 Å². The molecule has 8 aromatic carbocycles. The van der Waals surface area contributed by atoms with Crippen molar-refractivity contribution in [1.29, 1.82) is 0 Å². The van der Waals surface area contributed by atoms with Crippen LogP contribution in [-0.4, -0.2) is 11.9 Å². The van der Waals surface area contributed by atoms with Gasteiger partial charge in [-0.1, -0.05) is 131 Å². The second-order valence-electron chi connectivity index (χ2n) is 14.6. The number of carboxylic acid groups (broad SMARTS) is 2. The first-order valence-corrected chi connectivity index (χ1v) is 22.3. The predicted molar refractivity (Wildman–Crippen MR) is 247 cm³/mol. The Morgan fingerprint density at radius 2 is 0.610 bits per heavy atom. The minimum absolute atomic E-state index is 0. The van der Waals surface area contributed by atoms with Gasteiger partial charge in [-0.15, -0.1) is 0 Å². The van der Waals surface area contributed by atoms with Crippen molar-refractivity contribution in [3.8, 4) is 11.1 Å². The molecule has 4 nitrogen and oxygen atoms in total. The molecular formula is C52H48O4P2Ru+2. The van der Waals surface area contributed by atoms with Gasteiger partial charge in [-0.25, -0.2) is 0 Å². The maximum absolute atomic E-state index is 8.89. The molecule has 0 fully saturated rings. The molecule has 0 atom stereocenters. The zero-order valence-corrected chi connectivity index (χ0v) is 37.9. The normalized spacial score (nSPS) is 10.6. The number of fused-ring (bicyclic) bond motifs is 2. The molecular weight excluding hydrogens is 852 g/mol. The molecule has 0 amide bonds. The molecule has 8 aromatic rings. The molecule has 0 aliphatic carbocycles. The Labute approximate surface area is 363 Å². The fraction of sp³-hybridized carbons (Fsp3) is 0.115. The molecule has 0 heterocycles. The molecule has 0 aliphatic rings. The van der Waals surface area contributed by atoms with Crippen molar-refractivity contribution in [2.45, 2.75) is 41.5 Å². The minimum atomic E-state index is -1.42. The van der Waals surface area contributed by atoms with Crippen molar-refractivity contribution in [2.75, 3.05) is 0 Å². The Balaban J connectivity index is 0.000000676. The van der Waals surface area contributed by atoms with Crippen LogP contribution in [0.1, 0.15) is 36.1 Å². The van der Waals surface area contributed by atoms with E-state index in [1.165, 1.54) is 86.8 Å². The Hall–Kier alpha value is -5.30. The van der Waals surface area contributed by atoms with E-state index in [2.05, 4.69) is 198 Å². The Morgan fingerprint density at radius 1 is 0.373 bits per heavy atom. The molecule has 0 N–H and O–H groups in total. The number of hydrogen-bond donors (Lipinski definition) is 0. The molecule has 0 saturated carbocycles. The van der Waals surface area contributed by atoms with E-state index in [-0.39, 0.29) is 19.5 Å². The van der Waals surface area contributed by atoms with Gasteiger partial charge < -0.3 is 19.8 Å². The number of carbonyl (C=O) groups excluding carboxylic acids is 2. The van der Waals surface area contributed by atoms with Crippen LogP contribution in [-0.2, 0) is 29.1 Å². The van der Waals surface area contributed by atoms with E-state index < -0.39 is 27.8 Å². The number of benzene rings is 8. The topological polar surface area (TPSA) is 80.3 Å². The summed E-state index contributed by atoms with van der Waals surface area (Å²) in [7, 11) is -2.83. The first-order chi connectivity index (χ1) is 27.9. The summed E-state index contributed by atoms with van der Waals surface area (Å²) in [6.45, 7) is 10.7. The second-order valence-corrected chi connectivity index (χ2v) is 19.5. The van der Waals surface area contributed by atoms with Crippen LogP contribution in [0.25, 0.3) is 32.7 Å². The van der Waals surface area contributed by atoms with Gasteiger partial charge in [-0.2, -0.15) is 0 Å². The van der Waals surface area contributed by atoms with Gasteiger partial charge in [0.1, 0.15) is 31.8 Å².